The largest absolute Gasteiger partial charge is 0.462 e. The molecule has 2 aromatic rings. The lowest BCUT2D eigenvalue weighted by atomic mass is 10.2. The number of esters is 1. The Labute approximate surface area is 127 Å². The van der Waals surface area contributed by atoms with Crippen LogP contribution in [0.15, 0.2) is 17.7 Å². The van der Waals surface area contributed by atoms with Crippen molar-refractivity contribution in [2.75, 3.05) is 6.61 Å². The van der Waals surface area contributed by atoms with Gasteiger partial charge in [0, 0.05) is 23.4 Å². The fourth-order valence-corrected chi connectivity index (χ4v) is 2.25. The van der Waals surface area contributed by atoms with E-state index in [0.717, 1.165) is 11.2 Å². The lowest BCUT2D eigenvalue weighted by Gasteiger charge is -2.06. The third-order valence-electron chi connectivity index (χ3n) is 2.64. The van der Waals surface area contributed by atoms with Crippen LogP contribution in [0.3, 0.4) is 0 Å². The molecule has 5 nitrogen and oxygen atoms in total. The van der Waals surface area contributed by atoms with E-state index in [1.54, 1.807) is 5.38 Å². The Kier molecular flexibility index (Phi) is 4.96. The average Bonchev–Trinajstić information content (AvgIpc) is 3.04. The zero-order chi connectivity index (χ0) is 16.2. The molecule has 22 heavy (non-hydrogen) atoms. The van der Waals surface area contributed by atoms with Crippen LogP contribution in [0.1, 0.15) is 22.0 Å². The molecule has 2 heterocycles. The molecule has 2 aromatic heterocycles. The lowest BCUT2D eigenvalue weighted by Crippen LogP contribution is -2.11. The Morgan fingerprint density at radius 3 is 2.91 bits per heavy atom. The highest BCUT2D eigenvalue weighted by molar-refractivity contribution is 7.09. The van der Waals surface area contributed by atoms with Crippen LogP contribution in [0, 0.1) is 6.92 Å². The maximum absolute atomic E-state index is 12.6. The average molecular weight is 331 g/mol. The highest BCUT2D eigenvalue weighted by Crippen LogP contribution is 2.30. The summed E-state index contributed by atoms with van der Waals surface area (Å²) in [4.78, 5) is 15.6. The maximum atomic E-state index is 12.6. The molecule has 2 rings (SSSR count). The van der Waals surface area contributed by atoms with Gasteiger partial charge in [0.25, 0.3) is 0 Å². The van der Waals surface area contributed by atoms with Crippen molar-refractivity contribution in [3.8, 4) is 0 Å². The molecule has 1 N–H and O–H groups in total. The third kappa shape index (κ3) is 4.42. The first kappa shape index (κ1) is 16.2. The minimum Gasteiger partial charge on any atom is -0.462 e. The maximum Gasteiger partial charge on any atom is 0.433 e. The topological polar surface area (TPSA) is 67.9 Å². The predicted octanol–water partition coefficient (Wildman–Crippen LogP) is 2.99. The molecular weight excluding hydrogens is 319 g/mol. The summed E-state index contributed by atoms with van der Waals surface area (Å²) >= 11 is 1.44. The molecule has 0 amide bonds. The van der Waals surface area contributed by atoms with Crippen LogP contribution in [-0.2, 0) is 22.1 Å². The second-order valence-electron chi connectivity index (χ2n) is 4.31. The van der Waals surface area contributed by atoms with Gasteiger partial charge >= 0.3 is 12.1 Å². The zero-order valence-electron chi connectivity index (χ0n) is 11.5. The Morgan fingerprint density at radius 2 is 2.27 bits per heavy atom. The Morgan fingerprint density at radius 1 is 1.50 bits per heavy atom. The molecular formula is C13H12F3N3O2S. The zero-order valence-corrected chi connectivity index (χ0v) is 12.3. The predicted molar refractivity (Wildman–Crippen MR) is 74.1 cm³/mol. The van der Waals surface area contributed by atoms with Gasteiger partial charge in [-0.25, -0.2) is 9.78 Å². The van der Waals surface area contributed by atoms with Crippen molar-refractivity contribution in [2.45, 2.75) is 19.5 Å². The van der Waals surface area contributed by atoms with Gasteiger partial charge < -0.3 is 4.74 Å². The number of hydrogen-bond donors (Lipinski definition) is 1. The summed E-state index contributed by atoms with van der Waals surface area (Å²) in [5.74, 6) is -0.636. The van der Waals surface area contributed by atoms with Crippen molar-refractivity contribution in [2.24, 2.45) is 0 Å². The normalized spacial score (nSPS) is 12.0. The van der Waals surface area contributed by atoms with Crippen molar-refractivity contribution in [3.05, 3.63) is 39.6 Å². The molecule has 0 fully saturated rings. The van der Waals surface area contributed by atoms with E-state index >= 15 is 0 Å². The van der Waals surface area contributed by atoms with Gasteiger partial charge in [0.15, 0.2) is 0 Å². The second kappa shape index (κ2) is 6.73. The van der Waals surface area contributed by atoms with Gasteiger partial charge in [-0.1, -0.05) is 0 Å². The van der Waals surface area contributed by atoms with Crippen molar-refractivity contribution in [3.63, 3.8) is 0 Å². The summed E-state index contributed by atoms with van der Waals surface area (Å²) in [5.41, 5.74) is -0.329. The lowest BCUT2D eigenvalue weighted by molar-refractivity contribution is -0.141. The van der Waals surface area contributed by atoms with Crippen LogP contribution >= 0.6 is 11.3 Å². The quantitative estimate of drug-likeness (QED) is 0.675. The Hall–Kier alpha value is -2.16. The van der Waals surface area contributed by atoms with E-state index in [1.807, 2.05) is 12.0 Å². The van der Waals surface area contributed by atoms with Gasteiger partial charge in [0.1, 0.15) is 5.69 Å². The van der Waals surface area contributed by atoms with Crippen molar-refractivity contribution in [1.82, 2.24) is 15.2 Å². The molecule has 0 aliphatic rings. The molecule has 0 radical (unpaired) electrons. The summed E-state index contributed by atoms with van der Waals surface area (Å²) in [6, 6.07) is 0. The number of nitrogens with zero attached hydrogens (tertiary/aromatic N) is 2. The minimum absolute atomic E-state index is 0.0422. The number of H-pyrrole nitrogens is 1. The highest BCUT2D eigenvalue weighted by Gasteiger charge is 2.35. The summed E-state index contributed by atoms with van der Waals surface area (Å²) in [5, 5.41) is 7.90. The van der Waals surface area contributed by atoms with Crippen LogP contribution in [0.5, 0.6) is 0 Å². The van der Waals surface area contributed by atoms with E-state index < -0.39 is 17.8 Å². The van der Waals surface area contributed by atoms with Gasteiger partial charge in [-0.05, 0) is 13.0 Å². The first-order valence-electron chi connectivity index (χ1n) is 6.22. The number of nitrogens with one attached hydrogen (secondary N) is 1. The van der Waals surface area contributed by atoms with E-state index in [0.29, 0.717) is 5.69 Å². The molecule has 0 aliphatic heterocycles. The van der Waals surface area contributed by atoms with Gasteiger partial charge in [-0.3, -0.25) is 5.10 Å². The van der Waals surface area contributed by atoms with Gasteiger partial charge in [-0.15, -0.1) is 11.3 Å². The molecule has 0 bridgehead atoms. The van der Waals surface area contributed by atoms with E-state index in [1.165, 1.54) is 23.5 Å². The number of halogens is 3. The number of aromatic nitrogens is 3. The summed E-state index contributed by atoms with van der Waals surface area (Å²) in [6.45, 7) is 1.67. The standard InChI is InChI=1S/C13H12F3N3O2S/c1-8-18-10(7-22-8)2-3-11(20)21-5-4-9-6-17-19-12(9)13(14,15)16/h2-3,6-7H,4-5H2,1H3,(H,17,19). The van der Waals surface area contributed by atoms with Gasteiger partial charge in [-0.2, -0.15) is 18.3 Å². The Bertz CT molecular complexity index is 676. The highest BCUT2D eigenvalue weighted by atomic mass is 32.1. The molecule has 118 valence electrons. The van der Waals surface area contributed by atoms with E-state index in [9.17, 15) is 18.0 Å². The first-order chi connectivity index (χ1) is 10.4. The third-order valence-corrected chi connectivity index (χ3v) is 3.44. The molecule has 0 saturated heterocycles. The van der Waals surface area contributed by atoms with Crippen LogP contribution < -0.4 is 0 Å². The van der Waals surface area contributed by atoms with Gasteiger partial charge in [0.2, 0.25) is 0 Å². The van der Waals surface area contributed by atoms with E-state index in [2.05, 4.69) is 10.1 Å². The van der Waals surface area contributed by atoms with Crippen LogP contribution in [0.25, 0.3) is 6.08 Å². The van der Waals surface area contributed by atoms with Crippen molar-refractivity contribution in [1.29, 1.82) is 0 Å². The molecule has 0 aliphatic carbocycles. The number of rotatable bonds is 5. The summed E-state index contributed by atoms with van der Waals surface area (Å²) in [7, 11) is 0. The first-order valence-corrected chi connectivity index (χ1v) is 7.10. The fraction of sp³-hybridized carbons (Fsp3) is 0.308. The van der Waals surface area contributed by atoms with Crippen molar-refractivity contribution >= 4 is 23.4 Å². The molecule has 0 saturated carbocycles. The summed E-state index contributed by atoms with van der Waals surface area (Å²) < 4.78 is 42.6. The van der Waals surface area contributed by atoms with E-state index in [-0.39, 0.29) is 18.6 Å². The van der Waals surface area contributed by atoms with Crippen LogP contribution in [0.2, 0.25) is 0 Å². The number of carbonyl (C=O) groups is 1. The monoisotopic (exact) mass is 331 g/mol. The molecule has 9 heteroatoms. The number of ether oxygens (including phenoxy) is 1. The fourth-order valence-electron chi connectivity index (χ4n) is 1.67. The van der Waals surface area contributed by atoms with Gasteiger partial charge in [0.05, 0.1) is 23.5 Å². The van der Waals surface area contributed by atoms with Crippen LogP contribution in [-0.4, -0.2) is 27.8 Å². The molecule has 0 aromatic carbocycles. The number of hydrogen-bond acceptors (Lipinski definition) is 5. The number of carbonyl (C=O) groups excluding carboxylic acids is 1. The molecule has 0 atom stereocenters. The number of aryl methyl sites for hydroxylation is 1. The molecule has 0 unspecified atom stereocenters. The van der Waals surface area contributed by atoms with Crippen molar-refractivity contribution < 1.29 is 22.7 Å². The number of thiazole rings is 1. The van der Waals surface area contributed by atoms with Crippen LogP contribution in [0.4, 0.5) is 13.2 Å². The Balaban J connectivity index is 1.83. The number of alkyl halides is 3. The SMILES string of the molecule is Cc1nc(C=CC(=O)OCCc2cn[nH]c2C(F)(F)F)cs1. The smallest absolute Gasteiger partial charge is 0.433 e. The number of aromatic amines is 1. The van der Waals surface area contributed by atoms with E-state index in [4.69, 9.17) is 4.74 Å². The molecule has 0 spiro atoms. The minimum atomic E-state index is -4.50. The second-order valence-corrected chi connectivity index (χ2v) is 5.37. The summed E-state index contributed by atoms with van der Waals surface area (Å²) in [6.07, 6.45) is -0.817.